The van der Waals surface area contributed by atoms with E-state index in [4.69, 9.17) is 5.73 Å². The van der Waals surface area contributed by atoms with Crippen molar-refractivity contribution in [3.63, 3.8) is 0 Å². The van der Waals surface area contributed by atoms with Crippen LogP contribution >= 0.6 is 0 Å². The van der Waals surface area contributed by atoms with Gasteiger partial charge in [0.1, 0.15) is 11.6 Å². The van der Waals surface area contributed by atoms with Crippen LogP contribution in [0.15, 0.2) is 18.2 Å². The van der Waals surface area contributed by atoms with Crippen molar-refractivity contribution in [2.45, 2.75) is 6.42 Å². The summed E-state index contributed by atoms with van der Waals surface area (Å²) in [6, 6.07) is 3.28. The van der Waals surface area contributed by atoms with Gasteiger partial charge in [0, 0.05) is 6.54 Å². The van der Waals surface area contributed by atoms with Crippen molar-refractivity contribution in [2.24, 2.45) is 0 Å². The number of hydrogen-bond acceptors (Lipinski definition) is 0. The van der Waals surface area contributed by atoms with Gasteiger partial charge < -0.3 is 0 Å². The van der Waals surface area contributed by atoms with Gasteiger partial charge in [0.25, 0.3) is 0 Å². The molecule has 0 aromatic heterocycles. The SMILES string of the molecule is [NH]CCc1cc(F)ccc1F. The Morgan fingerprint density at radius 3 is 2.64 bits per heavy atom. The van der Waals surface area contributed by atoms with Crippen LogP contribution in [0, 0.1) is 11.6 Å². The Labute approximate surface area is 63.8 Å². The molecule has 0 atom stereocenters. The lowest BCUT2D eigenvalue weighted by Gasteiger charge is -1.99. The number of halogens is 2. The number of rotatable bonds is 2. The molecule has 3 heteroatoms. The summed E-state index contributed by atoms with van der Waals surface area (Å²) in [4.78, 5) is 0. The summed E-state index contributed by atoms with van der Waals surface area (Å²) in [7, 11) is 0. The zero-order valence-electron chi connectivity index (χ0n) is 5.90. The van der Waals surface area contributed by atoms with Gasteiger partial charge in [-0.15, -0.1) is 0 Å². The third-order valence-electron chi connectivity index (χ3n) is 1.40. The molecule has 1 aromatic carbocycles. The minimum atomic E-state index is -0.449. The lowest BCUT2D eigenvalue weighted by Crippen LogP contribution is -1.96. The Kier molecular flexibility index (Phi) is 2.54. The predicted octanol–water partition coefficient (Wildman–Crippen LogP) is 1.79. The second-order valence-electron chi connectivity index (χ2n) is 2.24. The van der Waals surface area contributed by atoms with E-state index in [1.165, 1.54) is 0 Å². The molecular formula is C8H8F2N. The fraction of sp³-hybridized carbons (Fsp3) is 0.250. The van der Waals surface area contributed by atoms with Gasteiger partial charge in [-0.1, -0.05) is 0 Å². The van der Waals surface area contributed by atoms with Crippen molar-refractivity contribution in [1.29, 1.82) is 0 Å². The average Bonchev–Trinajstić information content (AvgIpc) is 1.98. The van der Waals surface area contributed by atoms with Crippen LogP contribution < -0.4 is 5.73 Å². The highest BCUT2D eigenvalue weighted by atomic mass is 19.1. The first-order chi connectivity index (χ1) is 5.24. The monoisotopic (exact) mass is 156 g/mol. The molecule has 0 saturated heterocycles. The summed E-state index contributed by atoms with van der Waals surface area (Å²) >= 11 is 0. The molecule has 1 aromatic rings. The summed E-state index contributed by atoms with van der Waals surface area (Å²) in [6.45, 7) is 0.0837. The maximum absolute atomic E-state index is 12.7. The molecule has 0 saturated carbocycles. The maximum Gasteiger partial charge on any atom is 0.126 e. The molecule has 0 aliphatic carbocycles. The number of hydrogen-bond donors (Lipinski definition) is 0. The highest BCUT2D eigenvalue weighted by Gasteiger charge is 2.01. The third-order valence-corrected chi connectivity index (χ3v) is 1.40. The van der Waals surface area contributed by atoms with Gasteiger partial charge in [-0.25, -0.2) is 8.78 Å². The number of benzene rings is 1. The Bertz CT molecular complexity index is 248. The smallest absolute Gasteiger partial charge is 0.126 e. The molecule has 0 aliphatic heterocycles. The Hall–Kier alpha value is -0.960. The largest absolute Gasteiger partial charge is 0.258 e. The number of nitrogens with one attached hydrogen (secondary N) is 1. The van der Waals surface area contributed by atoms with Crippen LogP contribution in [0.25, 0.3) is 0 Å². The van der Waals surface area contributed by atoms with E-state index < -0.39 is 11.6 Å². The standard InChI is InChI=1S/C8H8F2N/c9-7-1-2-8(10)6(5-7)3-4-11/h1-2,5,11H,3-4H2. The summed E-state index contributed by atoms with van der Waals surface area (Å²) < 4.78 is 25.1. The molecular weight excluding hydrogens is 148 g/mol. The van der Waals surface area contributed by atoms with Crippen molar-refractivity contribution in [3.05, 3.63) is 35.4 Å². The van der Waals surface area contributed by atoms with E-state index in [1.54, 1.807) is 0 Å². The van der Waals surface area contributed by atoms with Crippen molar-refractivity contribution < 1.29 is 8.78 Å². The van der Waals surface area contributed by atoms with Crippen LogP contribution in [0.2, 0.25) is 0 Å². The Morgan fingerprint density at radius 2 is 2.00 bits per heavy atom. The van der Waals surface area contributed by atoms with Gasteiger partial charge in [0.2, 0.25) is 0 Å². The molecule has 11 heavy (non-hydrogen) atoms. The summed E-state index contributed by atoms with van der Waals surface area (Å²) in [6.07, 6.45) is 0.267. The first-order valence-corrected chi connectivity index (χ1v) is 3.32. The molecule has 1 N–H and O–H groups in total. The topological polar surface area (TPSA) is 23.8 Å². The van der Waals surface area contributed by atoms with E-state index >= 15 is 0 Å². The van der Waals surface area contributed by atoms with Gasteiger partial charge in [-0.05, 0) is 30.2 Å². The van der Waals surface area contributed by atoms with Crippen LogP contribution in [-0.2, 0) is 6.42 Å². The summed E-state index contributed by atoms with van der Waals surface area (Å²) in [5.74, 6) is -0.881. The third kappa shape index (κ3) is 1.98. The molecule has 0 unspecified atom stereocenters. The van der Waals surface area contributed by atoms with Crippen LogP contribution in [0.1, 0.15) is 5.56 Å². The molecule has 0 amide bonds. The molecule has 0 spiro atoms. The lowest BCUT2D eigenvalue weighted by atomic mass is 10.1. The minimum absolute atomic E-state index is 0.0837. The molecule has 0 aliphatic rings. The van der Waals surface area contributed by atoms with Gasteiger partial charge >= 0.3 is 0 Å². The molecule has 0 bridgehead atoms. The second kappa shape index (κ2) is 3.44. The van der Waals surface area contributed by atoms with Crippen LogP contribution in [0.4, 0.5) is 8.78 Å². The van der Waals surface area contributed by atoms with E-state index in [2.05, 4.69) is 0 Å². The average molecular weight is 156 g/mol. The van der Waals surface area contributed by atoms with E-state index in [-0.39, 0.29) is 18.5 Å². The van der Waals surface area contributed by atoms with Gasteiger partial charge in [0.15, 0.2) is 0 Å². The van der Waals surface area contributed by atoms with Crippen LogP contribution in [-0.4, -0.2) is 6.54 Å². The molecule has 1 nitrogen and oxygen atoms in total. The van der Waals surface area contributed by atoms with E-state index in [1.807, 2.05) is 0 Å². The zero-order chi connectivity index (χ0) is 8.27. The fourth-order valence-electron chi connectivity index (χ4n) is 0.870. The van der Waals surface area contributed by atoms with Gasteiger partial charge in [0.05, 0.1) is 0 Å². The minimum Gasteiger partial charge on any atom is -0.258 e. The molecule has 1 radical (unpaired) electrons. The lowest BCUT2D eigenvalue weighted by molar-refractivity contribution is 0.584. The Morgan fingerprint density at radius 1 is 1.27 bits per heavy atom. The first kappa shape index (κ1) is 8.14. The first-order valence-electron chi connectivity index (χ1n) is 3.32. The van der Waals surface area contributed by atoms with E-state index in [9.17, 15) is 8.78 Å². The highest BCUT2D eigenvalue weighted by Crippen LogP contribution is 2.09. The molecule has 59 valence electrons. The fourth-order valence-corrected chi connectivity index (χ4v) is 0.870. The van der Waals surface area contributed by atoms with Gasteiger partial charge in [-0.3, -0.25) is 5.73 Å². The van der Waals surface area contributed by atoms with Crippen molar-refractivity contribution in [2.75, 3.05) is 6.54 Å². The molecule has 0 fully saturated rings. The quantitative estimate of drug-likeness (QED) is 0.623. The summed E-state index contributed by atoms with van der Waals surface area (Å²) in [5, 5.41) is 0. The van der Waals surface area contributed by atoms with Gasteiger partial charge in [-0.2, -0.15) is 0 Å². The molecule has 1 rings (SSSR count). The second-order valence-corrected chi connectivity index (χ2v) is 2.24. The maximum atomic E-state index is 12.7. The van der Waals surface area contributed by atoms with Crippen LogP contribution in [0.5, 0.6) is 0 Å². The predicted molar refractivity (Wildman–Crippen MR) is 38.0 cm³/mol. The van der Waals surface area contributed by atoms with E-state index in [0.717, 1.165) is 18.2 Å². The van der Waals surface area contributed by atoms with Crippen molar-refractivity contribution in [1.82, 2.24) is 5.73 Å². The Balaban J connectivity index is 2.93. The molecule has 0 heterocycles. The highest BCUT2D eigenvalue weighted by molar-refractivity contribution is 5.18. The van der Waals surface area contributed by atoms with E-state index in [0.29, 0.717) is 0 Å². The normalized spacial score (nSPS) is 10.1. The van der Waals surface area contributed by atoms with Crippen LogP contribution in [0.3, 0.4) is 0 Å². The summed E-state index contributed by atoms with van der Waals surface area (Å²) in [5.41, 5.74) is 7.10. The van der Waals surface area contributed by atoms with Crippen molar-refractivity contribution >= 4 is 0 Å². The van der Waals surface area contributed by atoms with Crippen molar-refractivity contribution in [3.8, 4) is 0 Å². The zero-order valence-corrected chi connectivity index (χ0v) is 5.90.